The smallest absolute Gasteiger partial charge is 0.268 e. The Morgan fingerprint density at radius 3 is 1.27 bits per heavy atom. The Morgan fingerprint density at radius 2 is 0.875 bits per heavy atom. The summed E-state index contributed by atoms with van der Waals surface area (Å²) in [6.07, 6.45) is 59.4. The summed E-state index contributed by atoms with van der Waals surface area (Å²) < 4.78 is 23.3. The molecular weight excluding hydrogens is 816 g/mol. The van der Waals surface area contributed by atoms with Crippen LogP contribution in [0.3, 0.4) is 0 Å². The molecule has 64 heavy (non-hydrogen) atoms. The molecular formula is C55H107N2O6P. The maximum Gasteiger partial charge on any atom is 0.268 e. The minimum absolute atomic E-state index is 0.00762. The highest BCUT2D eigenvalue weighted by molar-refractivity contribution is 7.45. The van der Waals surface area contributed by atoms with Crippen molar-refractivity contribution in [1.82, 2.24) is 5.32 Å². The van der Waals surface area contributed by atoms with Gasteiger partial charge in [-0.25, -0.2) is 0 Å². The van der Waals surface area contributed by atoms with Gasteiger partial charge in [0, 0.05) is 6.42 Å². The van der Waals surface area contributed by atoms with Gasteiger partial charge in [-0.3, -0.25) is 9.36 Å². The Balaban J connectivity index is 4.17. The summed E-state index contributed by atoms with van der Waals surface area (Å²) >= 11 is 0. The van der Waals surface area contributed by atoms with Crippen LogP contribution in [0.4, 0.5) is 0 Å². The molecule has 0 aliphatic carbocycles. The van der Waals surface area contributed by atoms with Gasteiger partial charge in [-0.1, -0.05) is 243 Å². The van der Waals surface area contributed by atoms with Gasteiger partial charge in [0.25, 0.3) is 7.82 Å². The van der Waals surface area contributed by atoms with E-state index in [0.29, 0.717) is 17.4 Å². The molecule has 3 atom stereocenters. The average molecular weight is 923 g/mol. The van der Waals surface area contributed by atoms with E-state index in [2.05, 4.69) is 43.5 Å². The molecule has 0 aromatic carbocycles. The summed E-state index contributed by atoms with van der Waals surface area (Å²) in [7, 11) is 1.24. The van der Waals surface area contributed by atoms with Crippen LogP contribution in [-0.4, -0.2) is 68.5 Å². The van der Waals surface area contributed by atoms with Crippen LogP contribution in [0.15, 0.2) is 36.5 Å². The second-order valence-corrected chi connectivity index (χ2v) is 21.3. The molecule has 0 radical (unpaired) electrons. The van der Waals surface area contributed by atoms with Crippen LogP contribution in [0.5, 0.6) is 0 Å². The lowest BCUT2D eigenvalue weighted by atomic mass is 10.0. The molecule has 0 spiro atoms. The van der Waals surface area contributed by atoms with Gasteiger partial charge in [0.15, 0.2) is 0 Å². The van der Waals surface area contributed by atoms with Crippen LogP contribution < -0.4 is 10.2 Å². The Kier molecular flexibility index (Phi) is 45.9. The van der Waals surface area contributed by atoms with Crippen molar-refractivity contribution in [1.29, 1.82) is 0 Å². The summed E-state index contributed by atoms with van der Waals surface area (Å²) in [5.41, 5.74) is 0. The number of amides is 1. The Morgan fingerprint density at radius 1 is 0.531 bits per heavy atom. The van der Waals surface area contributed by atoms with E-state index in [-0.39, 0.29) is 12.5 Å². The molecule has 0 aliphatic rings. The van der Waals surface area contributed by atoms with Crippen molar-refractivity contribution < 1.29 is 32.9 Å². The van der Waals surface area contributed by atoms with E-state index in [0.717, 1.165) is 44.9 Å². The summed E-state index contributed by atoms with van der Waals surface area (Å²) in [6.45, 7) is 4.63. The second-order valence-electron chi connectivity index (χ2n) is 19.9. The number of hydrogen-bond acceptors (Lipinski definition) is 6. The molecule has 9 heteroatoms. The van der Waals surface area contributed by atoms with Gasteiger partial charge < -0.3 is 28.8 Å². The van der Waals surface area contributed by atoms with Crippen molar-refractivity contribution in [3.63, 3.8) is 0 Å². The fourth-order valence-electron chi connectivity index (χ4n) is 8.01. The van der Waals surface area contributed by atoms with Gasteiger partial charge in [-0.2, -0.15) is 0 Å². The van der Waals surface area contributed by atoms with Crippen LogP contribution in [0.2, 0.25) is 0 Å². The topological polar surface area (TPSA) is 108 Å². The molecule has 8 nitrogen and oxygen atoms in total. The third-order valence-corrected chi connectivity index (χ3v) is 13.3. The van der Waals surface area contributed by atoms with Crippen LogP contribution >= 0.6 is 7.82 Å². The largest absolute Gasteiger partial charge is 0.756 e. The number of carbonyl (C=O) groups excluding carboxylic acids is 1. The van der Waals surface area contributed by atoms with Crippen LogP contribution in [0, 0.1) is 0 Å². The summed E-state index contributed by atoms with van der Waals surface area (Å²) in [6, 6.07) is -0.907. The predicted molar refractivity (Wildman–Crippen MR) is 275 cm³/mol. The highest BCUT2D eigenvalue weighted by Crippen LogP contribution is 2.38. The quantitative estimate of drug-likeness (QED) is 0.0272. The van der Waals surface area contributed by atoms with Crippen molar-refractivity contribution >= 4 is 13.7 Å². The lowest BCUT2D eigenvalue weighted by Gasteiger charge is -2.29. The second kappa shape index (κ2) is 46.8. The number of aliphatic hydroxyl groups is 1. The van der Waals surface area contributed by atoms with Gasteiger partial charge in [-0.15, -0.1) is 0 Å². The third-order valence-electron chi connectivity index (χ3n) is 12.3. The van der Waals surface area contributed by atoms with Crippen LogP contribution in [-0.2, 0) is 18.4 Å². The number of likely N-dealkylation sites (N-methyl/N-ethyl adjacent to an activating group) is 1. The van der Waals surface area contributed by atoms with Crippen molar-refractivity contribution in [2.45, 2.75) is 270 Å². The first kappa shape index (κ1) is 62.7. The van der Waals surface area contributed by atoms with Crippen molar-refractivity contribution in [2.75, 3.05) is 40.9 Å². The maximum absolute atomic E-state index is 12.9. The highest BCUT2D eigenvalue weighted by atomic mass is 31.2. The first-order valence-electron chi connectivity index (χ1n) is 27.4. The number of unbranched alkanes of at least 4 members (excludes halogenated alkanes) is 33. The normalized spacial score (nSPS) is 14.3. The number of quaternary nitrogens is 1. The van der Waals surface area contributed by atoms with Gasteiger partial charge >= 0.3 is 0 Å². The van der Waals surface area contributed by atoms with E-state index in [4.69, 9.17) is 9.05 Å². The molecule has 0 saturated heterocycles. The lowest BCUT2D eigenvalue weighted by Crippen LogP contribution is -2.45. The van der Waals surface area contributed by atoms with E-state index in [1.54, 1.807) is 6.08 Å². The summed E-state index contributed by atoms with van der Waals surface area (Å²) in [4.78, 5) is 25.4. The molecule has 378 valence electrons. The number of aliphatic hydroxyl groups excluding tert-OH is 1. The van der Waals surface area contributed by atoms with Crippen molar-refractivity contribution in [3.8, 4) is 0 Å². The molecule has 0 fully saturated rings. The SMILES string of the molecule is CCCCCCC/C=C/CC/C=C/CC/C=C/C(O)C(COP(=O)([O-])OCC[N+](C)(C)C)NC(=O)CCCCCCCCCCCCCCCCCCCCCCCCCCCCC. The molecule has 2 N–H and O–H groups in total. The molecule has 3 unspecified atom stereocenters. The fourth-order valence-corrected chi connectivity index (χ4v) is 8.73. The number of nitrogens with zero attached hydrogens (tertiary/aromatic N) is 1. The van der Waals surface area contributed by atoms with Gasteiger partial charge in [-0.05, 0) is 44.9 Å². The van der Waals surface area contributed by atoms with E-state index >= 15 is 0 Å². The maximum atomic E-state index is 12.9. The van der Waals surface area contributed by atoms with Crippen LogP contribution in [0.1, 0.15) is 258 Å². The Hall–Kier alpha value is -1.28. The Bertz CT molecular complexity index is 1140. The monoisotopic (exact) mass is 923 g/mol. The molecule has 0 aromatic rings. The van der Waals surface area contributed by atoms with E-state index in [1.165, 1.54) is 193 Å². The zero-order valence-corrected chi connectivity index (χ0v) is 43.9. The Labute approximate surface area is 397 Å². The molecule has 0 aromatic heterocycles. The van der Waals surface area contributed by atoms with Crippen molar-refractivity contribution in [3.05, 3.63) is 36.5 Å². The molecule has 0 rings (SSSR count). The molecule has 0 bridgehead atoms. The predicted octanol–water partition coefficient (Wildman–Crippen LogP) is 15.6. The minimum Gasteiger partial charge on any atom is -0.756 e. The first-order chi connectivity index (χ1) is 31.0. The average Bonchev–Trinajstić information content (AvgIpc) is 3.25. The van der Waals surface area contributed by atoms with E-state index < -0.39 is 26.6 Å². The summed E-state index contributed by atoms with van der Waals surface area (Å²) in [5, 5.41) is 13.8. The fraction of sp³-hybridized carbons (Fsp3) is 0.873. The zero-order chi connectivity index (χ0) is 47.1. The highest BCUT2D eigenvalue weighted by Gasteiger charge is 2.23. The molecule has 0 saturated carbocycles. The molecule has 1 amide bonds. The lowest BCUT2D eigenvalue weighted by molar-refractivity contribution is -0.870. The summed E-state index contributed by atoms with van der Waals surface area (Å²) in [5.74, 6) is -0.208. The first-order valence-corrected chi connectivity index (χ1v) is 28.8. The number of phosphoric acid groups is 1. The van der Waals surface area contributed by atoms with Gasteiger partial charge in [0.2, 0.25) is 5.91 Å². The van der Waals surface area contributed by atoms with E-state index in [9.17, 15) is 19.4 Å². The number of carbonyl (C=O) groups is 1. The van der Waals surface area contributed by atoms with E-state index in [1.807, 2.05) is 27.2 Å². The van der Waals surface area contributed by atoms with Crippen LogP contribution in [0.25, 0.3) is 0 Å². The molecule has 0 aliphatic heterocycles. The van der Waals surface area contributed by atoms with Gasteiger partial charge in [0.1, 0.15) is 13.2 Å². The zero-order valence-electron chi connectivity index (χ0n) is 43.0. The number of rotatable bonds is 50. The number of phosphoric ester groups is 1. The number of nitrogens with one attached hydrogen (secondary N) is 1. The number of hydrogen-bond donors (Lipinski definition) is 2. The molecule has 0 heterocycles. The van der Waals surface area contributed by atoms with Gasteiger partial charge in [0.05, 0.1) is 39.9 Å². The minimum atomic E-state index is -4.60. The number of allylic oxidation sites excluding steroid dienone is 5. The third kappa shape index (κ3) is 48.6. The van der Waals surface area contributed by atoms with Crippen molar-refractivity contribution in [2.24, 2.45) is 0 Å². The standard InChI is InChI=1S/C55H107N2O6P/c1-6-8-10-12-14-16-18-20-22-23-24-25-26-27-28-29-30-31-32-33-35-37-39-41-43-45-47-49-55(59)56-53(52-63-64(60,61)62-51-50-57(3,4)5)54(58)48-46-44-42-40-38-36-34-21-19-17-15-13-11-9-7-2/h19,21,38,40,46,48,53-54,58H,6-18,20,22-37,39,41-45,47,49-52H2,1-5H3,(H-,56,59,60,61)/b21-19+,40-38+,48-46+.